The van der Waals surface area contributed by atoms with Crippen LogP contribution in [0, 0.1) is 0 Å². The standard InChI is InChI=1S/C48H63N11O10S2/c1-26-42(63)57-39(48(69)59-40(27(2)60)41(51)62)25-71-70-24-38(58-43(64)33(50)20-28-10-4-3-5-11-28)47(68)55-36(21-29-15-17-31(61)18-16-29)45(66)56-37(22-30-23-52-34-13-7-6-12-32(30)34)46(67)54-35(44(65)53-26)14-8-9-19-49/h3-7,10-13,15-18,23,26-27,33,35-40,52,60-61H,8-9,14,19-22,24-25,49-50H2,1-2H3,(H2,51,62)(H,53,65)(H,54,67)(H,55,68)(H,56,66)(H,57,63)(H,58,64)(H,59,69)/t26-,27+,33+,35-,36?,37+,38-,39?,40-/m0/s1. The number of rotatable bonds is 16. The number of phenols is 1. The Balaban J connectivity index is 1.55. The van der Waals surface area contributed by atoms with E-state index in [0.717, 1.165) is 38.1 Å². The largest absolute Gasteiger partial charge is 0.508 e. The summed E-state index contributed by atoms with van der Waals surface area (Å²) < 4.78 is 0. The predicted molar refractivity (Wildman–Crippen MR) is 270 cm³/mol. The van der Waals surface area contributed by atoms with Crippen LogP contribution in [0.5, 0.6) is 5.75 Å². The van der Waals surface area contributed by atoms with Crippen molar-refractivity contribution >= 4 is 79.7 Å². The topological polar surface area (TPSA) is 355 Å². The van der Waals surface area contributed by atoms with E-state index in [9.17, 15) is 48.6 Å². The molecule has 8 amide bonds. The Morgan fingerprint density at radius 1 is 0.746 bits per heavy atom. The highest BCUT2D eigenvalue weighted by molar-refractivity contribution is 8.76. The number of hydrogen-bond acceptors (Lipinski definition) is 14. The van der Waals surface area contributed by atoms with E-state index in [1.165, 1.54) is 26.0 Å². The number of phenolic OH excluding ortho intramolecular Hbond substituents is 1. The molecule has 1 aliphatic rings. The number of unbranched alkanes of at least 4 members (excludes halogenated alkanes) is 1. The van der Waals surface area contributed by atoms with Gasteiger partial charge in [-0.25, -0.2) is 0 Å². The van der Waals surface area contributed by atoms with Crippen molar-refractivity contribution in [1.82, 2.24) is 42.2 Å². The number of aliphatic hydroxyl groups excluding tert-OH is 1. The molecule has 0 radical (unpaired) electrons. The summed E-state index contributed by atoms with van der Waals surface area (Å²) in [6, 6.07) is 11.5. The van der Waals surface area contributed by atoms with Gasteiger partial charge >= 0.3 is 0 Å². The average molecular weight is 1020 g/mol. The minimum absolute atomic E-state index is 0.0487. The Morgan fingerprint density at radius 2 is 1.37 bits per heavy atom. The van der Waals surface area contributed by atoms with E-state index < -0.39 is 102 Å². The van der Waals surface area contributed by atoms with Gasteiger partial charge in [0.15, 0.2) is 0 Å². The number of nitrogens with one attached hydrogen (secondary N) is 8. The van der Waals surface area contributed by atoms with E-state index in [0.29, 0.717) is 24.0 Å². The fourth-order valence-electron chi connectivity index (χ4n) is 7.58. The lowest BCUT2D eigenvalue weighted by Gasteiger charge is -2.28. The first-order valence-corrected chi connectivity index (χ1v) is 25.6. The Labute approximate surface area is 418 Å². The molecular formula is C48H63N11O10S2. The van der Waals surface area contributed by atoms with Crippen LogP contribution in [0.1, 0.15) is 49.8 Å². The van der Waals surface area contributed by atoms with Crippen molar-refractivity contribution in [3.05, 3.63) is 102 Å². The third kappa shape index (κ3) is 16.7. The minimum atomic E-state index is -1.54. The molecule has 71 heavy (non-hydrogen) atoms. The number of benzene rings is 3. The summed E-state index contributed by atoms with van der Waals surface area (Å²) in [5, 5.41) is 39.6. The van der Waals surface area contributed by atoms with E-state index in [-0.39, 0.29) is 49.5 Å². The molecule has 382 valence electrons. The van der Waals surface area contributed by atoms with Crippen LogP contribution in [-0.4, -0.2) is 135 Å². The zero-order chi connectivity index (χ0) is 51.6. The number of primary amides is 1. The fourth-order valence-corrected chi connectivity index (χ4v) is 9.91. The first kappa shape index (κ1) is 55.3. The van der Waals surface area contributed by atoms with Gasteiger partial charge in [0.2, 0.25) is 47.3 Å². The van der Waals surface area contributed by atoms with Gasteiger partial charge in [-0.05, 0) is 81.0 Å². The van der Waals surface area contributed by atoms with Crippen LogP contribution in [0.25, 0.3) is 10.9 Å². The van der Waals surface area contributed by atoms with Crippen molar-refractivity contribution in [3.63, 3.8) is 0 Å². The number of carbonyl (C=O) groups excluding carboxylic acids is 8. The number of fused-ring (bicyclic) bond motifs is 1. The number of hydrogen-bond donors (Lipinski definition) is 13. The molecule has 0 aliphatic carbocycles. The first-order chi connectivity index (χ1) is 33.9. The van der Waals surface area contributed by atoms with Crippen molar-refractivity contribution in [2.24, 2.45) is 17.2 Å². The van der Waals surface area contributed by atoms with Gasteiger partial charge in [0, 0.05) is 41.4 Å². The molecule has 9 atom stereocenters. The highest BCUT2D eigenvalue weighted by Gasteiger charge is 2.35. The minimum Gasteiger partial charge on any atom is -0.508 e. The predicted octanol–water partition coefficient (Wildman–Crippen LogP) is -0.968. The molecule has 3 aromatic carbocycles. The summed E-state index contributed by atoms with van der Waals surface area (Å²) in [6.07, 6.45) is 1.11. The van der Waals surface area contributed by atoms with Crippen molar-refractivity contribution in [1.29, 1.82) is 0 Å². The normalized spacial score (nSPS) is 22.3. The first-order valence-electron chi connectivity index (χ1n) is 23.1. The van der Waals surface area contributed by atoms with Crippen molar-refractivity contribution < 1.29 is 48.6 Å². The number of aromatic nitrogens is 1. The van der Waals surface area contributed by atoms with Crippen LogP contribution in [-0.2, 0) is 57.6 Å². The van der Waals surface area contributed by atoms with Gasteiger partial charge in [-0.15, -0.1) is 0 Å². The maximum atomic E-state index is 14.7. The quantitative estimate of drug-likeness (QED) is 0.0475. The lowest BCUT2D eigenvalue weighted by molar-refractivity contribution is -0.135. The summed E-state index contributed by atoms with van der Waals surface area (Å²) >= 11 is 0. The summed E-state index contributed by atoms with van der Waals surface area (Å²) in [7, 11) is 2.01. The van der Waals surface area contributed by atoms with Crippen LogP contribution < -0.4 is 54.4 Å². The summed E-state index contributed by atoms with van der Waals surface area (Å²) in [5.74, 6) is -7.09. The van der Waals surface area contributed by atoms with Gasteiger partial charge in [0.05, 0.1) is 12.1 Å². The summed E-state index contributed by atoms with van der Waals surface area (Å²) in [4.78, 5) is 114. The highest BCUT2D eigenvalue weighted by Crippen LogP contribution is 2.24. The van der Waals surface area contributed by atoms with E-state index in [1.54, 1.807) is 42.6 Å². The Hall–Kier alpha value is -6.66. The molecule has 21 nitrogen and oxygen atoms in total. The fraction of sp³-hybridized carbons (Fsp3) is 0.417. The van der Waals surface area contributed by atoms with Gasteiger partial charge in [-0.2, -0.15) is 0 Å². The maximum Gasteiger partial charge on any atom is 0.244 e. The molecule has 1 aliphatic heterocycles. The monoisotopic (exact) mass is 1020 g/mol. The summed E-state index contributed by atoms with van der Waals surface area (Å²) in [5.41, 5.74) is 20.2. The third-order valence-corrected chi connectivity index (χ3v) is 14.0. The molecule has 16 N–H and O–H groups in total. The second-order valence-electron chi connectivity index (χ2n) is 17.2. The number of carbonyl (C=O) groups is 8. The number of amides is 8. The van der Waals surface area contributed by atoms with Crippen LogP contribution in [0.3, 0.4) is 0 Å². The molecular weight excluding hydrogens is 955 g/mol. The Kier molecular flexibility index (Phi) is 21.1. The average Bonchev–Trinajstić information content (AvgIpc) is 3.75. The number of H-pyrrole nitrogens is 1. The van der Waals surface area contributed by atoms with Gasteiger partial charge in [0.25, 0.3) is 0 Å². The van der Waals surface area contributed by atoms with Gasteiger partial charge in [-0.3, -0.25) is 38.4 Å². The van der Waals surface area contributed by atoms with E-state index in [1.807, 2.05) is 30.3 Å². The second kappa shape index (κ2) is 27.1. The number of aromatic hydroxyl groups is 1. The van der Waals surface area contributed by atoms with E-state index in [4.69, 9.17) is 17.2 Å². The molecule has 1 fully saturated rings. The molecule has 2 heterocycles. The molecule has 1 aromatic heterocycles. The van der Waals surface area contributed by atoms with Crippen LogP contribution >= 0.6 is 21.6 Å². The van der Waals surface area contributed by atoms with Crippen LogP contribution in [0.2, 0.25) is 0 Å². The lowest BCUT2D eigenvalue weighted by atomic mass is 10.0. The zero-order valence-corrected chi connectivity index (χ0v) is 41.0. The number of nitrogens with two attached hydrogens (primary N) is 3. The molecule has 0 saturated carbocycles. The van der Waals surface area contributed by atoms with Gasteiger partial charge in [-0.1, -0.05) is 82.3 Å². The second-order valence-corrected chi connectivity index (χ2v) is 19.8. The van der Waals surface area contributed by atoms with Crippen molar-refractivity contribution in [2.45, 2.75) is 107 Å². The Morgan fingerprint density at radius 3 is 2.04 bits per heavy atom. The van der Waals surface area contributed by atoms with Gasteiger partial charge in [0.1, 0.15) is 48.0 Å². The number of para-hydroxylation sites is 1. The Bertz CT molecular complexity index is 2480. The van der Waals surface area contributed by atoms with Crippen LogP contribution in [0.15, 0.2) is 85.1 Å². The maximum absolute atomic E-state index is 14.7. The SMILES string of the molecule is C[C@@H]1NC(=O)[C@H](CCCCN)NC(=O)[C@@H](Cc2c[nH]c3ccccc23)NC(=O)C(Cc2ccc(O)cc2)NC(=O)[C@@H](NC(=O)[C@H](N)Cc2ccccc2)CSSCC(C(=O)N[C@H](C(N)=O)[C@@H](C)O)NC1=O. The zero-order valence-electron chi connectivity index (χ0n) is 39.4. The number of aliphatic hydroxyl groups is 1. The highest BCUT2D eigenvalue weighted by atomic mass is 33.1. The van der Waals surface area contributed by atoms with Crippen molar-refractivity contribution in [2.75, 3.05) is 18.1 Å². The summed E-state index contributed by atoms with van der Waals surface area (Å²) in [6.45, 7) is 2.88. The smallest absolute Gasteiger partial charge is 0.244 e. The molecule has 2 unspecified atom stereocenters. The van der Waals surface area contributed by atoms with E-state index in [2.05, 4.69) is 42.2 Å². The van der Waals surface area contributed by atoms with E-state index >= 15 is 0 Å². The van der Waals surface area contributed by atoms with Crippen LogP contribution in [0.4, 0.5) is 0 Å². The van der Waals surface area contributed by atoms with Crippen molar-refractivity contribution in [3.8, 4) is 5.75 Å². The molecule has 0 spiro atoms. The lowest BCUT2D eigenvalue weighted by Crippen LogP contribution is -2.61. The number of aromatic amines is 1. The molecule has 4 aromatic rings. The molecule has 0 bridgehead atoms. The molecule has 5 rings (SSSR count). The van der Waals surface area contributed by atoms with Gasteiger partial charge < -0.3 is 69.6 Å². The molecule has 1 saturated heterocycles. The third-order valence-electron chi connectivity index (χ3n) is 11.6. The molecule has 23 heteroatoms.